The Morgan fingerprint density at radius 3 is 1.64 bits per heavy atom. The average Bonchev–Trinajstić information content (AvgIpc) is 2.14. The van der Waals surface area contributed by atoms with Crippen LogP contribution in [0.1, 0.15) is 27.7 Å². The first kappa shape index (κ1) is 14.2. The summed E-state index contributed by atoms with van der Waals surface area (Å²) in [6.45, 7) is 7.59. The maximum Gasteiger partial charge on any atom is 0.409 e. The highest BCUT2D eigenvalue weighted by atomic mass is 32.3. The fourth-order valence-electron chi connectivity index (χ4n) is 1.10. The predicted octanol–water partition coefficient (Wildman–Crippen LogP) is 2.06. The second-order valence-electron chi connectivity index (χ2n) is 2.71. The average molecular weight is 244 g/mol. The maximum atomic E-state index is 11.3. The molecule has 6 heteroatoms. The van der Waals surface area contributed by atoms with Crippen molar-refractivity contribution in [3.63, 3.8) is 0 Å². The molecule has 88 valence electrons. The topological polar surface area (TPSA) is 52.6 Å². The van der Waals surface area contributed by atoms with Crippen molar-refractivity contribution < 1.29 is 16.2 Å². The van der Waals surface area contributed by atoms with Crippen LogP contribution in [0.2, 0.25) is 0 Å². The van der Waals surface area contributed by atoms with E-state index in [9.17, 15) is 8.42 Å². The van der Waals surface area contributed by atoms with Crippen molar-refractivity contribution in [2.24, 2.45) is 0 Å². The Kier molecular flexibility index (Phi) is 6.04. The summed E-state index contributed by atoms with van der Waals surface area (Å²) in [5, 5.41) is 0. The third-order valence-corrected chi connectivity index (χ3v) is 7.57. The third-order valence-electron chi connectivity index (χ3n) is 2.07. The molecule has 0 N–H and O–H groups in total. The zero-order valence-corrected chi connectivity index (χ0v) is 10.9. The fraction of sp³-hybridized carbons (Fsp3) is 1.00. The van der Waals surface area contributed by atoms with Gasteiger partial charge in [-0.15, -0.1) is 10.3 Å². The summed E-state index contributed by atoms with van der Waals surface area (Å²) < 4.78 is 32.3. The Balaban J connectivity index is 4.59. The zero-order valence-electron chi connectivity index (χ0n) is 9.28. The molecule has 0 radical (unpaired) electrons. The highest BCUT2D eigenvalue weighted by Gasteiger charge is 2.26. The number of hydrogen-bond donors (Lipinski definition) is 0. The first-order valence-corrected chi connectivity index (χ1v) is 8.22. The summed E-state index contributed by atoms with van der Waals surface area (Å²) in [6.07, 6.45) is 0. The van der Waals surface area contributed by atoms with Crippen LogP contribution in [0.3, 0.4) is 0 Å². The minimum atomic E-state index is -3.79. The molecule has 0 rings (SSSR count). The van der Waals surface area contributed by atoms with Crippen LogP contribution < -0.4 is 0 Å². The molecule has 0 unspecified atom stereocenters. The molecule has 0 aliphatic rings. The lowest BCUT2D eigenvalue weighted by atomic mass is 10.9. The van der Waals surface area contributed by atoms with Gasteiger partial charge in [-0.05, 0) is 24.2 Å². The van der Waals surface area contributed by atoms with Gasteiger partial charge in [-0.25, -0.2) is 4.18 Å². The highest BCUT2D eigenvalue weighted by Crippen LogP contribution is 2.49. The van der Waals surface area contributed by atoms with Gasteiger partial charge in [-0.1, -0.05) is 20.8 Å². The molecule has 0 aliphatic carbocycles. The Morgan fingerprint density at radius 2 is 1.36 bits per heavy atom. The molecule has 0 atom stereocenters. The third kappa shape index (κ3) is 4.16. The minimum absolute atomic E-state index is 0.120. The van der Waals surface area contributed by atoms with Gasteiger partial charge >= 0.3 is 10.4 Å². The second-order valence-corrected chi connectivity index (χ2v) is 7.98. The Morgan fingerprint density at radius 1 is 0.929 bits per heavy atom. The fourth-order valence-corrected chi connectivity index (χ4v) is 5.34. The van der Waals surface area contributed by atoms with E-state index in [1.165, 1.54) is 0 Å². The van der Waals surface area contributed by atoms with Gasteiger partial charge in [0.05, 0.1) is 6.61 Å². The van der Waals surface area contributed by atoms with Crippen molar-refractivity contribution in [3.8, 4) is 0 Å². The summed E-state index contributed by atoms with van der Waals surface area (Å²) in [4.78, 5) is 0. The van der Waals surface area contributed by atoms with Crippen LogP contribution in [0.5, 0.6) is 0 Å². The SMILES string of the molecule is CCOS(=O)(=O)OS(CC)(CC)CC. The van der Waals surface area contributed by atoms with E-state index in [0.29, 0.717) is 0 Å². The Bertz CT molecular complexity index is 236. The largest absolute Gasteiger partial charge is 0.409 e. The van der Waals surface area contributed by atoms with E-state index in [1.54, 1.807) is 6.92 Å². The first-order valence-electron chi connectivity index (χ1n) is 4.82. The van der Waals surface area contributed by atoms with Crippen molar-refractivity contribution in [1.82, 2.24) is 0 Å². The van der Waals surface area contributed by atoms with Gasteiger partial charge in [0.2, 0.25) is 0 Å². The molecule has 0 saturated carbocycles. The molecule has 4 nitrogen and oxygen atoms in total. The molecule has 0 saturated heterocycles. The standard InChI is InChI=1S/C8H20O4S2/c1-5-11-14(9,10)12-13(6-2,7-3)8-4/h5-8H2,1-4H3. The molecule has 0 fully saturated rings. The number of rotatable bonds is 7. The van der Waals surface area contributed by atoms with Gasteiger partial charge in [0.15, 0.2) is 0 Å². The molecule has 0 bridgehead atoms. The molecule has 14 heavy (non-hydrogen) atoms. The number of hydrogen-bond acceptors (Lipinski definition) is 4. The summed E-state index contributed by atoms with van der Waals surface area (Å²) in [7, 11) is -5.29. The van der Waals surface area contributed by atoms with Gasteiger partial charge in [0.1, 0.15) is 0 Å². The van der Waals surface area contributed by atoms with Gasteiger partial charge in [0.25, 0.3) is 0 Å². The molecule has 0 aromatic rings. The smallest absolute Gasteiger partial charge is 0.248 e. The normalized spacial score (nSPS) is 14.3. The van der Waals surface area contributed by atoms with E-state index in [4.69, 9.17) is 3.63 Å². The van der Waals surface area contributed by atoms with Crippen molar-refractivity contribution in [2.75, 3.05) is 23.9 Å². The Labute approximate surface area is 88.8 Å². The summed E-state index contributed by atoms with van der Waals surface area (Å²) >= 11 is 0. The van der Waals surface area contributed by atoms with Crippen LogP contribution in [0.25, 0.3) is 0 Å². The van der Waals surface area contributed by atoms with E-state index in [2.05, 4.69) is 4.18 Å². The van der Waals surface area contributed by atoms with Gasteiger partial charge in [-0.2, -0.15) is 12.0 Å². The monoisotopic (exact) mass is 244 g/mol. The van der Waals surface area contributed by atoms with Gasteiger partial charge in [0, 0.05) is 0 Å². The van der Waals surface area contributed by atoms with Crippen LogP contribution in [-0.4, -0.2) is 32.3 Å². The zero-order chi connectivity index (χ0) is 11.2. The van der Waals surface area contributed by atoms with E-state index < -0.39 is 20.7 Å². The quantitative estimate of drug-likeness (QED) is 0.688. The molecule has 0 aromatic heterocycles. The van der Waals surface area contributed by atoms with Gasteiger partial charge in [-0.3, -0.25) is 0 Å². The first-order chi connectivity index (χ1) is 6.45. The van der Waals surface area contributed by atoms with Crippen molar-refractivity contribution in [1.29, 1.82) is 0 Å². The van der Waals surface area contributed by atoms with Gasteiger partial charge < -0.3 is 0 Å². The molecule has 0 heterocycles. The van der Waals surface area contributed by atoms with Crippen LogP contribution in [0.15, 0.2) is 0 Å². The molecular formula is C8H20O4S2. The predicted molar refractivity (Wildman–Crippen MR) is 60.8 cm³/mol. The van der Waals surface area contributed by atoms with Crippen molar-refractivity contribution in [2.45, 2.75) is 27.7 Å². The van der Waals surface area contributed by atoms with Crippen LogP contribution in [0.4, 0.5) is 0 Å². The lowest BCUT2D eigenvalue weighted by Crippen LogP contribution is -2.19. The van der Waals surface area contributed by atoms with E-state index in [-0.39, 0.29) is 6.61 Å². The van der Waals surface area contributed by atoms with Crippen LogP contribution in [0, 0.1) is 0 Å². The van der Waals surface area contributed by atoms with Crippen molar-refractivity contribution >= 4 is 20.7 Å². The van der Waals surface area contributed by atoms with Crippen LogP contribution >= 0.6 is 10.3 Å². The van der Waals surface area contributed by atoms with Crippen molar-refractivity contribution in [3.05, 3.63) is 0 Å². The Hall–Kier alpha value is 0.220. The summed E-state index contributed by atoms with van der Waals surface area (Å²) in [5.74, 6) is 2.23. The summed E-state index contributed by atoms with van der Waals surface area (Å²) in [6, 6.07) is 0. The lowest BCUT2D eigenvalue weighted by molar-refractivity contribution is 0.294. The van der Waals surface area contributed by atoms with E-state index in [0.717, 1.165) is 17.3 Å². The molecule has 0 aliphatic heterocycles. The minimum Gasteiger partial charge on any atom is -0.248 e. The summed E-state index contributed by atoms with van der Waals surface area (Å²) in [5.41, 5.74) is 0. The molecular weight excluding hydrogens is 224 g/mol. The highest BCUT2D eigenvalue weighted by molar-refractivity contribution is 8.32. The molecule has 0 spiro atoms. The molecule has 0 amide bonds. The van der Waals surface area contributed by atoms with Crippen LogP contribution in [-0.2, 0) is 18.2 Å². The van der Waals surface area contributed by atoms with E-state index in [1.807, 2.05) is 20.8 Å². The molecule has 0 aromatic carbocycles. The maximum absolute atomic E-state index is 11.3. The second kappa shape index (κ2) is 5.95. The lowest BCUT2D eigenvalue weighted by Gasteiger charge is -2.34. The van der Waals surface area contributed by atoms with E-state index >= 15 is 0 Å².